The predicted molar refractivity (Wildman–Crippen MR) is 125 cm³/mol. The topological polar surface area (TPSA) is 40.2 Å². The van der Waals surface area contributed by atoms with Crippen LogP contribution in [0.25, 0.3) is 0 Å². The molecule has 30 heavy (non-hydrogen) atoms. The van der Waals surface area contributed by atoms with E-state index >= 15 is 0 Å². The first-order valence-electron chi connectivity index (χ1n) is 11.1. The van der Waals surface area contributed by atoms with Gasteiger partial charge in [-0.15, -0.1) is 0 Å². The Morgan fingerprint density at radius 3 is 1.30 bits per heavy atom. The lowest BCUT2D eigenvalue weighted by atomic mass is 9.46. The highest BCUT2D eigenvalue weighted by Crippen LogP contribution is 2.49. The standard InChI is InChI=1S/C23H39B2NO4/c1-16(17-12-14-18(15-13-17)26(10)11)19(24-27-20(2,3)21(4,5)28-24)25-29-22(6,7)23(8,9)30-25/h12-16,19H,1-11H3/t16-/m0/s1. The smallest absolute Gasteiger partial charge is 0.403 e. The van der Waals surface area contributed by atoms with E-state index in [0.29, 0.717) is 0 Å². The lowest BCUT2D eigenvalue weighted by Gasteiger charge is -2.32. The van der Waals surface area contributed by atoms with E-state index in [9.17, 15) is 0 Å². The van der Waals surface area contributed by atoms with Crippen molar-refractivity contribution >= 4 is 19.9 Å². The molecule has 0 unspecified atom stereocenters. The molecular formula is C23H39B2NO4. The monoisotopic (exact) mass is 415 g/mol. The van der Waals surface area contributed by atoms with E-state index in [4.69, 9.17) is 18.6 Å². The van der Waals surface area contributed by atoms with Crippen molar-refractivity contribution in [2.75, 3.05) is 19.0 Å². The number of hydrogen-bond acceptors (Lipinski definition) is 5. The van der Waals surface area contributed by atoms with Gasteiger partial charge in [-0.25, -0.2) is 0 Å². The van der Waals surface area contributed by atoms with Crippen LogP contribution in [0.2, 0.25) is 5.72 Å². The summed E-state index contributed by atoms with van der Waals surface area (Å²) in [6.45, 7) is 18.9. The molecule has 2 aliphatic heterocycles. The quantitative estimate of drug-likeness (QED) is 0.637. The molecule has 2 fully saturated rings. The van der Waals surface area contributed by atoms with Crippen LogP contribution in [0, 0.1) is 0 Å². The molecule has 0 saturated carbocycles. The summed E-state index contributed by atoms with van der Waals surface area (Å²) in [4.78, 5) is 2.11. The molecule has 2 saturated heterocycles. The zero-order chi connectivity index (χ0) is 22.7. The van der Waals surface area contributed by atoms with Gasteiger partial charge in [-0.2, -0.15) is 0 Å². The lowest BCUT2D eigenvalue weighted by molar-refractivity contribution is 0.00578. The molecule has 0 amide bonds. The molecule has 1 aromatic carbocycles. The number of nitrogens with zero attached hydrogens (tertiary/aromatic N) is 1. The van der Waals surface area contributed by atoms with Crippen LogP contribution in [-0.4, -0.2) is 50.7 Å². The summed E-state index contributed by atoms with van der Waals surface area (Å²) in [5.41, 5.74) is 0.644. The summed E-state index contributed by atoms with van der Waals surface area (Å²) in [6.07, 6.45) is 0. The van der Waals surface area contributed by atoms with Gasteiger partial charge in [-0.3, -0.25) is 0 Å². The molecule has 0 N–H and O–H groups in total. The van der Waals surface area contributed by atoms with Crippen molar-refractivity contribution in [3.8, 4) is 0 Å². The van der Waals surface area contributed by atoms with Gasteiger partial charge >= 0.3 is 14.2 Å². The highest BCUT2D eigenvalue weighted by Gasteiger charge is 2.63. The largest absolute Gasteiger partial charge is 0.459 e. The maximum atomic E-state index is 6.49. The van der Waals surface area contributed by atoms with E-state index in [1.807, 2.05) is 0 Å². The zero-order valence-electron chi connectivity index (χ0n) is 20.7. The predicted octanol–water partition coefficient (Wildman–Crippen LogP) is 4.95. The van der Waals surface area contributed by atoms with Crippen LogP contribution in [0.5, 0.6) is 0 Å². The molecule has 0 bridgehead atoms. The molecule has 0 aliphatic carbocycles. The Kier molecular flexibility index (Phi) is 5.95. The highest BCUT2D eigenvalue weighted by atomic mass is 16.7. The molecule has 5 nitrogen and oxygen atoms in total. The van der Waals surface area contributed by atoms with Gasteiger partial charge in [-0.05, 0) is 79.0 Å². The van der Waals surface area contributed by atoms with E-state index in [0.717, 1.165) is 0 Å². The van der Waals surface area contributed by atoms with Crippen molar-refractivity contribution in [1.29, 1.82) is 0 Å². The Labute approximate surface area is 184 Å². The third-order valence-corrected chi connectivity index (χ3v) is 7.68. The number of anilines is 1. The SMILES string of the molecule is C[C@@H](c1ccc(N(C)C)cc1)C(B1OC(C)(C)C(C)(C)O1)B1OC(C)(C)C(C)(C)O1. The van der Waals surface area contributed by atoms with Gasteiger partial charge in [0.1, 0.15) is 0 Å². The van der Waals surface area contributed by atoms with Crippen molar-refractivity contribution in [2.24, 2.45) is 0 Å². The average Bonchev–Trinajstić information content (AvgIpc) is 2.94. The van der Waals surface area contributed by atoms with Gasteiger partial charge in [0.25, 0.3) is 0 Å². The zero-order valence-corrected chi connectivity index (χ0v) is 20.7. The van der Waals surface area contributed by atoms with Crippen molar-refractivity contribution in [2.45, 2.75) is 96.4 Å². The number of benzene rings is 1. The Morgan fingerprint density at radius 2 is 1.00 bits per heavy atom. The maximum Gasteiger partial charge on any atom is 0.459 e. The third-order valence-electron chi connectivity index (χ3n) is 7.68. The van der Waals surface area contributed by atoms with Crippen LogP contribution >= 0.6 is 0 Å². The normalized spacial score (nSPS) is 25.1. The van der Waals surface area contributed by atoms with E-state index in [1.165, 1.54) is 11.3 Å². The van der Waals surface area contributed by atoms with Gasteiger partial charge in [0, 0.05) is 25.5 Å². The Balaban J connectivity index is 1.96. The van der Waals surface area contributed by atoms with E-state index in [1.54, 1.807) is 0 Å². The fourth-order valence-corrected chi connectivity index (χ4v) is 3.99. The second kappa shape index (κ2) is 7.54. The van der Waals surface area contributed by atoms with Gasteiger partial charge in [-0.1, -0.05) is 19.1 Å². The third kappa shape index (κ3) is 4.06. The molecular weight excluding hydrogens is 376 g/mol. The fraction of sp³-hybridized carbons (Fsp3) is 0.739. The maximum absolute atomic E-state index is 6.49. The second-order valence-corrected chi connectivity index (χ2v) is 11.1. The van der Waals surface area contributed by atoms with Crippen LogP contribution in [0.3, 0.4) is 0 Å². The van der Waals surface area contributed by atoms with Gasteiger partial charge in [0.2, 0.25) is 0 Å². The molecule has 1 aromatic rings. The molecule has 0 spiro atoms. The first kappa shape index (κ1) is 23.6. The summed E-state index contributed by atoms with van der Waals surface area (Å²) in [6, 6.07) is 8.67. The summed E-state index contributed by atoms with van der Waals surface area (Å²) in [5.74, 6) is 0.116. The summed E-state index contributed by atoms with van der Waals surface area (Å²) in [7, 11) is 3.26. The minimum Gasteiger partial charge on any atom is -0.403 e. The van der Waals surface area contributed by atoms with Crippen LogP contribution in [0.1, 0.15) is 73.8 Å². The van der Waals surface area contributed by atoms with Crippen molar-refractivity contribution in [3.63, 3.8) is 0 Å². The van der Waals surface area contributed by atoms with Crippen LogP contribution < -0.4 is 4.90 Å². The van der Waals surface area contributed by atoms with Crippen molar-refractivity contribution in [3.05, 3.63) is 29.8 Å². The molecule has 0 aromatic heterocycles. The Morgan fingerprint density at radius 1 is 0.667 bits per heavy atom. The molecule has 166 valence electrons. The van der Waals surface area contributed by atoms with Crippen molar-refractivity contribution in [1.82, 2.24) is 0 Å². The number of rotatable bonds is 5. The van der Waals surface area contributed by atoms with Gasteiger partial charge < -0.3 is 23.5 Å². The Hall–Kier alpha value is -1.01. The Bertz CT molecular complexity index is 693. The molecule has 0 radical (unpaired) electrons. The van der Waals surface area contributed by atoms with E-state index < -0.39 is 36.6 Å². The first-order valence-corrected chi connectivity index (χ1v) is 11.1. The van der Waals surface area contributed by atoms with Crippen LogP contribution in [0.15, 0.2) is 24.3 Å². The van der Waals surface area contributed by atoms with Gasteiger partial charge in [0.15, 0.2) is 0 Å². The summed E-state index contributed by atoms with van der Waals surface area (Å²) in [5, 5.41) is 0. The fourth-order valence-electron chi connectivity index (χ4n) is 3.99. The highest BCUT2D eigenvalue weighted by molar-refractivity contribution is 6.68. The first-order chi connectivity index (χ1) is 13.6. The average molecular weight is 415 g/mol. The van der Waals surface area contributed by atoms with E-state index in [-0.39, 0.29) is 11.6 Å². The van der Waals surface area contributed by atoms with Gasteiger partial charge in [0.05, 0.1) is 22.4 Å². The molecule has 3 rings (SSSR count). The minimum atomic E-state index is -0.423. The van der Waals surface area contributed by atoms with Crippen LogP contribution in [-0.2, 0) is 18.6 Å². The number of hydrogen-bond donors (Lipinski definition) is 0. The second-order valence-electron chi connectivity index (χ2n) is 11.1. The minimum absolute atomic E-state index is 0.114. The van der Waals surface area contributed by atoms with Crippen LogP contribution in [0.4, 0.5) is 5.69 Å². The molecule has 2 heterocycles. The molecule has 1 atom stereocenters. The summed E-state index contributed by atoms with van der Waals surface area (Å²) >= 11 is 0. The molecule has 2 aliphatic rings. The lowest BCUT2D eigenvalue weighted by Crippen LogP contribution is -2.41. The van der Waals surface area contributed by atoms with Crippen molar-refractivity contribution < 1.29 is 18.6 Å². The molecule has 7 heteroatoms. The summed E-state index contributed by atoms with van der Waals surface area (Å²) < 4.78 is 26.0. The van der Waals surface area contributed by atoms with E-state index in [2.05, 4.69) is 106 Å².